The Hall–Kier alpha value is -4.45. The molecule has 1 saturated heterocycles. The van der Waals surface area contributed by atoms with Crippen molar-refractivity contribution in [3.05, 3.63) is 83.4 Å². The number of piperidine rings is 1. The molecule has 1 aliphatic carbocycles. The molecule has 3 aromatic heterocycles. The summed E-state index contributed by atoms with van der Waals surface area (Å²) < 4.78 is 37.2. The van der Waals surface area contributed by atoms with Crippen LogP contribution in [0.5, 0.6) is 5.88 Å². The summed E-state index contributed by atoms with van der Waals surface area (Å²) in [6.45, 7) is 6.03. The molecule has 0 spiro atoms. The minimum Gasteiger partial charge on any atom is -0.474 e. The Kier molecular flexibility index (Phi) is 7.33. The zero-order valence-electron chi connectivity index (χ0n) is 23.6. The highest BCUT2D eigenvalue weighted by Crippen LogP contribution is 2.48. The molecule has 1 aromatic carbocycles. The maximum absolute atomic E-state index is 15.9. The van der Waals surface area contributed by atoms with Gasteiger partial charge in [-0.1, -0.05) is 0 Å². The quantitative estimate of drug-likeness (QED) is 0.301. The molecule has 2 fully saturated rings. The van der Waals surface area contributed by atoms with Crippen LogP contribution in [0.3, 0.4) is 0 Å². The van der Waals surface area contributed by atoms with E-state index in [0.29, 0.717) is 35.9 Å². The van der Waals surface area contributed by atoms with E-state index in [1.807, 2.05) is 0 Å². The van der Waals surface area contributed by atoms with E-state index in [4.69, 9.17) is 16.3 Å². The van der Waals surface area contributed by atoms with Crippen LogP contribution in [-0.2, 0) is 10.3 Å². The number of carbonyl (C=O) groups excluding carboxylic acids is 2. The summed E-state index contributed by atoms with van der Waals surface area (Å²) in [6.07, 6.45) is 4.62. The van der Waals surface area contributed by atoms with Crippen LogP contribution in [0.1, 0.15) is 35.5 Å². The predicted octanol–water partition coefficient (Wildman–Crippen LogP) is 4.05. The van der Waals surface area contributed by atoms with Crippen LogP contribution >= 0.6 is 11.6 Å². The number of aryl methyl sites for hydroxylation is 1. The smallest absolute Gasteiger partial charge is 0.257 e. The van der Waals surface area contributed by atoms with Gasteiger partial charge < -0.3 is 15.0 Å². The number of aromatic nitrogens is 5. The lowest BCUT2D eigenvalue weighted by Gasteiger charge is -2.28. The number of fused-ring (bicyclic) bond motifs is 1. The highest BCUT2D eigenvalue weighted by atomic mass is 35.5. The van der Waals surface area contributed by atoms with Gasteiger partial charge in [0.2, 0.25) is 17.7 Å². The van der Waals surface area contributed by atoms with Crippen LogP contribution in [0.15, 0.2) is 55.0 Å². The van der Waals surface area contributed by atoms with Crippen molar-refractivity contribution in [2.24, 2.45) is 11.8 Å². The summed E-state index contributed by atoms with van der Waals surface area (Å²) in [5.74, 6) is -1.33. The van der Waals surface area contributed by atoms with Gasteiger partial charge in [-0.3, -0.25) is 9.59 Å². The average Bonchev–Trinajstić information content (AvgIpc) is 3.28. The van der Waals surface area contributed by atoms with E-state index in [-0.39, 0.29) is 46.9 Å². The molecule has 10 nitrogen and oxygen atoms in total. The van der Waals surface area contributed by atoms with Gasteiger partial charge in [0.1, 0.15) is 23.5 Å². The summed E-state index contributed by atoms with van der Waals surface area (Å²) in [6, 6.07) is 8.48. The Bertz CT molecular complexity index is 1690. The third-order valence-corrected chi connectivity index (χ3v) is 8.09. The third-order valence-electron chi connectivity index (χ3n) is 7.84. The van der Waals surface area contributed by atoms with E-state index < -0.39 is 23.1 Å². The molecule has 13 heteroatoms. The molecule has 3 atom stereocenters. The van der Waals surface area contributed by atoms with Gasteiger partial charge in [0.15, 0.2) is 5.82 Å². The van der Waals surface area contributed by atoms with E-state index in [1.54, 1.807) is 50.3 Å². The van der Waals surface area contributed by atoms with Gasteiger partial charge in [-0.25, -0.2) is 28.4 Å². The number of carbonyl (C=O) groups is 2. The van der Waals surface area contributed by atoms with Crippen LogP contribution in [0.4, 0.5) is 8.78 Å². The zero-order valence-corrected chi connectivity index (χ0v) is 24.3. The molecule has 4 heterocycles. The lowest BCUT2D eigenvalue weighted by atomic mass is 9.92. The van der Waals surface area contributed by atoms with Crippen molar-refractivity contribution in [3.63, 3.8) is 0 Å². The van der Waals surface area contributed by atoms with Crippen LogP contribution in [0, 0.1) is 30.4 Å². The second-order valence-corrected chi connectivity index (χ2v) is 11.5. The Labute approximate surface area is 251 Å². The number of hydrogen-bond donors (Lipinski definition) is 1. The number of ether oxygens (including phenoxy) is 1. The molecule has 2 amide bonds. The fraction of sp³-hybridized carbons (Fsp3) is 0.333. The van der Waals surface area contributed by atoms with E-state index in [9.17, 15) is 14.0 Å². The van der Waals surface area contributed by atoms with Crippen LogP contribution in [0.2, 0.25) is 0 Å². The van der Waals surface area contributed by atoms with Gasteiger partial charge in [0, 0.05) is 60.7 Å². The number of likely N-dealkylation sites (tertiary alicyclic amines) is 1. The minimum absolute atomic E-state index is 0.0294. The Morgan fingerprint density at radius 3 is 2.44 bits per heavy atom. The van der Waals surface area contributed by atoms with Gasteiger partial charge in [-0.2, -0.15) is 5.10 Å². The van der Waals surface area contributed by atoms with Crippen molar-refractivity contribution in [1.29, 1.82) is 0 Å². The van der Waals surface area contributed by atoms with Crippen molar-refractivity contribution in [1.82, 2.24) is 34.9 Å². The fourth-order valence-corrected chi connectivity index (χ4v) is 5.64. The molecular formula is C30H28ClF2N7O3. The van der Waals surface area contributed by atoms with E-state index >= 15 is 4.39 Å². The number of halogens is 3. The largest absolute Gasteiger partial charge is 0.474 e. The lowest BCUT2D eigenvalue weighted by molar-refractivity contribution is -0.120. The summed E-state index contributed by atoms with van der Waals surface area (Å²) in [5.41, 5.74) is 0.370. The first kappa shape index (κ1) is 28.7. The first-order valence-electron chi connectivity index (χ1n) is 13.7. The molecule has 1 unspecified atom stereocenters. The molecule has 6 rings (SSSR count). The molecule has 222 valence electrons. The first-order chi connectivity index (χ1) is 20.6. The van der Waals surface area contributed by atoms with Gasteiger partial charge >= 0.3 is 0 Å². The average molecular weight is 608 g/mol. The molecule has 4 aromatic rings. The number of alkyl halides is 1. The van der Waals surface area contributed by atoms with Crippen molar-refractivity contribution >= 4 is 23.4 Å². The maximum Gasteiger partial charge on any atom is 0.257 e. The van der Waals surface area contributed by atoms with E-state index in [1.165, 1.54) is 35.0 Å². The molecule has 43 heavy (non-hydrogen) atoms. The SMILES string of the molecule is Cc1nn(-c2ncccn2)cc1C(=O)N1C[C@@H]2C(Oc3cc(C(C)(C)NC(=O)CCl)c(F)c(-c4ccc(F)cc4)n3)[C@@H]2C1. The first-order valence-corrected chi connectivity index (χ1v) is 14.2. The third kappa shape index (κ3) is 5.54. The standard InChI is InChI=1S/C30H28ClF2N7O3/c1-16-19(15-40(38-16)29-34-9-4-10-35-29)28(42)39-13-20-21(14-39)27(20)43-24-11-22(30(2,3)37-23(41)12-31)25(33)26(36-24)17-5-7-18(32)8-6-17/h4-11,15,20-21,27H,12-14H2,1-3H3,(H,37,41)/t20-,21+,27?. The monoisotopic (exact) mass is 607 g/mol. The normalized spacial score (nSPS) is 19.2. The van der Waals surface area contributed by atoms with Crippen LogP contribution in [-0.4, -0.2) is 66.5 Å². The van der Waals surface area contributed by atoms with Gasteiger partial charge in [-0.05, 0) is 51.1 Å². The molecule has 2 aliphatic rings. The summed E-state index contributed by atoms with van der Waals surface area (Å²) in [5, 5.41) is 7.12. The van der Waals surface area contributed by atoms with Gasteiger partial charge in [0.25, 0.3) is 5.91 Å². The molecule has 0 bridgehead atoms. The highest BCUT2D eigenvalue weighted by Gasteiger charge is 2.59. The highest BCUT2D eigenvalue weighted by molar-refractivity contribution is 6.27. The van der Waals surface area contributed by atoms with E-state index in [0.717, 1.165) is 0 Å². The van der Waals surface area contributed by atoms with Crippen LogP contribution < -0.4 is 10.1 Å². The molecular weight excluding hydrogens is 580 g/mol. The fourth-order valence-electron chi connectivity index (χ4n) is 5.57. The minimum atomic E-state index is -1.15. The second kappa shape index (κ2) is 11.0. The lowest BCUT2D eigenvalue weighted by Crippen LogP contribution is -2.42. The van der Waals surface area contributed by atoms with E-state index in [2.05, 4.69) is 25.4 Å². The van der Waals surface area contributed by atoms with Crippen molar-refractivity contribution in [2.75, 3.05) is 19.0 Å². The van der Waals surface area contributed by atoms with Crippen molar-refractivity contribution < 1.29 is 23.1 Å². The summed E-state index contributed by atoms with van der Waals surface area (Å²) >= 11 is 5.68. The Balaban J connectivity index is 1.20. The molecule has 1 saturated carbocycles. The van der Waals surface area contributed by atoms with Crippen LogP contribution in [0.25, 0.3) is 17.2 Å². The maximum atomic E-state index is 15.9. The summed E-state index contributed by atoms with van der Waals surface area (Å²) in [7, 11) is 0. The van der Waals surface area contributed by atoms with Gasteiger partial charge in [0.05, 0.1) is 16.8 Å². The van der Waals surface area contributed by atoms with Crippen molar-refractivity contribution in [3.8, 4) is 23.1 Å². The number of nitrogens with one attached hydrogen (secondary N) is 1. The molecule has 0 radical (unpaired) electrons. The predicted molar refractivity (Wildman–Crippen MR) is 153 cm³/mol. The number of pyridine rings is 1. The van der Waals surface area contributed by atoms with Crippen molar-refractivity contribution in [2.45, 2.75) is 32.4 Å². The number of benzene rings is 1. The molecule has 1 aliphatic heterocycles. The number of amides is 2. The number of nitrogens with zero attached hydrogens (tertiary/aromatic N) is 6. The Morgan fingerprint density at radius 2 is 1.79 bits per heavy atom. The second-order valence-electron chi connectivity index (χ2n) is 11.2. The topological polar surface area (TPSA) is 115 Å². The Morgan fingerprint density at radius 1 is 1.12 bits per heavy atom. The van der Waals surface area contributed by atoms with Gasteiger partial charge in [-0.15, -0.1) is 11.6 Å². The summed E-state index contributed by atoms with van der Waals surface area (Å²) in [4.78, 5) is 40.0. The molecule has 1 N–H and O–H groups in total. The zero-order chi connectivity index (χ0) is 30.5. The number of rotatable bonds is 8. The number of hydrogen-bond acceptors (Lipinski definition) is 7.